The highest BCUT2D eigenvalue weighted by molar-refractivity contribution is 7.80. The molecule has 1 atom stereocenters. The molecule has 0 amide bonds. The van der Waals surface area contributed by atoms with Crippen LogP contribution in [0.3, 0.4) is 0 Å². The summed E-state index contributed by atoms with van der Waals surface area (Å²) in [7, 11) is -3.52. The molecule has 0 saturated carbocycles. The smallest absolute Gasteiger partial charge is 0.356 e. The minimum absolute atomic E-state index is 0.323. The van der Waals surface area contributed by atoms with Crippen LogP contribution < -0.4 is 15.3 Å². The molecule has 6 rings (SSSR count). The van der Waals surface area contributed by atoms with Crippen molar-refractivity contribution in [3.63, 3.8) is 0 Å². The molecule has 0 saturated heterocycles. The fourth-order valence-corrected chi connectivity index (χ4v) is 8.01. The lowest BCUT2D eigenvalue weighted by Crippen LogP contribution is -2.39. The van der Waals surface area contributed by atoms with Crippen molar-refractivity contribution < 1.29 is 14.1 Å². The summed E-state index contributed by atoms with van der Waals surface area (Å²) in [6, 6.07) is 26.6. The van der Waals surface area contributed by atoms with Gasteiger partial charge in [0.15, 0.2) is 0 Å². The number of nitrogens with zero attached hydrogens (tertiary/aromatic N) is 2. The summed E-state index contributed by atoms with van der Waals surface area (Å²) in [5.74, 6) is -0.478. The Labute approximate surface area is 191 Å². The molecule has 33 heavy (non-hydrogen) atoms. The molecule has 4 aromatic rings. The van der Waals surface area contributed by atoms with E-state index in [4.69, 9.17) is 4.74 Å². The second-order valence-electron chi connectivity index (χ2n) is 8.72. The van der Waals surface area contributed by atoms with E-state index in [0.717, 1.165) is 16.5 Å². The third-order valence-electron chi connectivity index (χ3n) is 6.32. The van der Waals surface area contributed by atoms with Gasteiger partial charge in [-0.2, -0.15) is 0 Å². The molecule has 0 fully saturated rings. The SMILES string of the molecule is CC1(C)OC(=O)C2=C1c1ccccc1P(=O)(c1ccccc1)N2c1cccc2cccnc12. The van der Waals surface area contributed by atoms with E-state index in [1.807, 2.05) is 98.8 Å². The van der Waals surface area contributed by atoms with Gasteiger partial charge in [-0.15, -0.1) is 0 Å². The molecule has 0 aliphatic carbocycles. The lowest BCUT2D eigenvalue weighted by molar-refractivity contribution is -0.143. The number of aromatic nitrogens is 1. The molecule has 3 heterocycles. The highest BCUT2D eigenvalue weighted by atomic mass is 31.2. The van der Waals surface area contributed by atoms with Gasteiger partial charge in [-0.05, 0) is 49.7 Å². The average Bonchev–Trinajstić information content (AvgIpc) is 3.08. The summed E-state index contributed by atoms with van der Waals surface area (Å²) >= 11 is 0. The number of cyclic esters (lactones) is 1. The van der Waals surface area contributed by atoms with E-state index in [-0.39, 0.29) is 0 Å². The Morgan fingerprint density at radius 1 is 0.879 bits per heavy atom. The number of hydrogen-bond donors (Lipinski definition) is 0. The van der Waals surface area contributed by atoms with E-state index < -0.39 is 18.9 Å². The molecule has 162 valence electrons. The monoisotopic (exact) mass is 452 g/mol. The summed E-state index contributed by atoms with van der Waals surface area (Å²) in [5.41, 5.74) is 2.31. The van der Waals surface area contributed by atoms with E-state index in [9.17, 15) is 4.79 Å². The third kappa shape index (κ3) is 2.69. The minimum Gasteiger partial charge on any atom is -0.450 e. The fourth-order valence-electron chi connectivity index (χ4n) is 4.98. The lowest BCUT2D eigenvalue weighted by atomic mass is 9.91. The quantitative estimate of drug-likeness (QED) is 0.315. The minimum atomic E-state index is -3.52. The van der Waals surface area contributed by atoms with Gasteiger partial charge in [0.05, 0.1) is 11.2 Å². The maximum atomic E-state index is 15.4. The topological polar surface area (TPSA) is 59.5 Å². The van der Waals surface area contributed by atoms with Gasteiger partial charge in [-0.25, -0.2) is 4.79 Å². The van der Waals surface area contributed by atoms with Gasteiger partial charge in [-0.3, -0.25) is 14.2 Å². The average molecular weight is 452 g/mol. The highest BCUT2D eigenvalue weighted by Crippen LogP contribution is 2.61. The van der Waals surface area contributed by atoms with Crippen LogP contribution in [0.15, 0.2) is 96.8 Å². The Kier molecular flexibility index (Phi) is 4.17. The number of para-hydroxylation sites is 1. The van der Waals surface area contributed by atoms with Crippen LogP contribution in [0.2, 0.25) is 0 Å². The molecule has 1 unspecified atom stereocenters. The molecule has 0 bridgehead atoms. The normalized spacial score (nSPS) is 21.0. The number of rotatable bonds is 2. The highest BCUT2D eigenvalue weighted by Gasteiger charge is 2.54. The molecular weight excluding hydrogens is 431 g/mol. The van der Waals surface area contributed by atoms with Crippen LogP contribution in [0.25, 0.3) is 16.5 Å². The first-order valence-corrected chi connectivity index (χ1v) is 12.5. The molecule has 2 aliphatic heterocycles. The van der Waals surface area contributed by atoms with Crippen molar-refractivity contribution in [2.24, 2.45) is 0 Å². The summed E-state index contributed by atoms with van der Waals surface area (Å²) in [6.07, 6.45) is 1.71. The van der Waals surface area contributed by atoms with Crippen molar-refractivity contribution >= 4 is 46.0 Å². The van der Waals surface area contributed by atoms with E-state index in [0.29, 0.717) is 27.5 Å². The van der Waals surface area contributed by atoms with Crippen LogP contribution in [-0.2, 0) is 14.1 Å². The van der Waals surface area contributed by atoms with Gasteiger partial charge in [0, 0.05) is 27.8 Å². The molecular formula is C27H21N2O3P. The van der Waals surface area contributed by atoms with Gasteiger partial charge in [0.1, 0.15) is 11.3 Å². The number of carbonyl (C=O) groups excluding carboxylic acids is 1. The first-order valence-electron chi connectivity index (χ1n) is 10.8. The van der Waals surface area contributed by atoms with Crippen molar-refractivity contribution in [3.8, 4) is 0 Å². The standard InChI is InChI=1S/C27H21N2O3P/c1-27(2)23-20-14-6-7-16-22(20)33(31,19-12-4-3-5-13-19)29(25(23)26(30)32-27)21-15-8-10-18-11-9-17-28-24(18)21/h3-17H,1-2H3. The van der Waals surface area contributed by atoms with E-state index in [2.05, 4.69) is 4.98 Å². The molecule has 5 nitrogen and oxygen atoms in total. The number of anilines is 1. The molecule has 0 radical (unpaired) electrons. The van der Waals surface area contributed by atoms with Crippen LogP contribution in [0.1, 0.15) is 19.4 Å². The molecule has 1 aromatic heterocycles. The molecule has 0 N–H and O–H groups in total. The van der Waals surface area contributed by atoms with Gasteiger partial charge in [-0.1, -0.05) is 54.6 Å². The van der Waals surface area contributed by atoms with E-state index >= 15 is 4.57 Å². The number of carbonyl (C=O) groups is 1. The van der Waals surface area contributed by atoms with Crippen molar-refractivity contribution in [3.05, 3.63) is 102 Å². The molecule has 6 heteroatoms. The Hall–Kier alpha value is -3.69. The Morgan fingerprint density at radius 3 is 2.42 bits per heavy atom. The fraction of sp³-hybridized carbons (Fsp3) is 0.111. The number of ether oxygens (including phenoxy) is 1. The van der Waals surface area contributed by atoms with Gasteiger partial charge in [0.25, 0.3) is 0 Å². The van der Waals surface area contributed by atoms with Crippen molar-refractivity contribution in [2.45, 2.75) is 19.4 Å². The maximum absolute atomic E-state index is 15.4. The molecule has 3 aromatic carbocycles. The number of hydrogen-bond acceptors (Lipinski definition) is 4. The van der Waals surface area contributed by atoms with Crippen molar-refractivity contribution in [2.75, 3.05) is 4.67 Å². The van der Waals surface area contributed by atoms with Gasteiger partial charge in [0.2, 0.25) is 7.29 Å². The number of benzene rings is 3. The summed E-state index contributed by atoms with van der Waals surface area (Å²) in [4.78, 5) is 18.0. The zero-order valence-electron chi connectivity index (χ0n) is 18.2. The van der Waals surface area contributed by atoms with E-state index in [1.165, 1.54) is 0 Å². The second-order valence-corrected chi connectivity index (χ2v) is 11.3. The van der Waals surface area contributed by atoms with Crippen molar-refractivity contribution in [1.82, 2.24) is 4.98 Å². The first-order chi connectivity index (χ1) is 15.9. The van der Waals surface area contributed by atoms with Gasteiger partial charge >= 0.3 is 5.97 Å². The summed E-state index contributed by atoms with van der Waals surface area (Å²) in [6.45, 7) is 3.75. The van der Waals surface area contributed by atoms with Crippen LogP contribution in [-0.4, -0.2) is 16.6 Å². The lowest BCUT2D eigenvalue weighted by Gasteiger charge is -2.39. The predicted octanol–water partition coefficient (Wildman–Crippen LogP) is 5.03. The summed E-state index contributed by atoms with van der Waals surface area (Å²) < 4.78 is 23.0. The zero-order valence-corrected chi connectivity index (χ0v) is 19.1. The van der Waals surface area contributed by atoms with Crippen molar-refractivity contribution in [1.29, 1.82) is 0 Å². The molecule has 0 spiro atoms. The summed E-state index contributed by atoms with van der Waals surface area (Å²) in [5, 5.41) is 2.24. The second kappa shape index (κ2) is 6.90. The Bertz CT molecular complexity index is 1520. The number of esters is 1. The van der Waals surface area contributed by atoms with Crippen LogP contribution in [0, 0.1) is 0 Å². The Balaban J connectivity index is 1.80. The van der Waals surface area contributed by atoms with Gasteiger partial charge < -0.3 is 4.74 Å². The largest absolute Gasteiger partial charge is 0.450 e. The van der Waals surface area contributed by atoms with E-state index in [1.54, 1.807) is 10.9 Å². The first kappa shape index (κ1) is 20.0. The van der Waals surface area contributed by atoms with Crippen LogP contribution >= 0.6 is 7.29 Å². The third-order valence-corrected chi connectivity index (χ3v) is 9.34. The van der Waals surface area contributed by atoms with Crippen LogP contribution in [0.4, 0.5) is 5.69 Å². The Morgan fingerprint density at radius 2 is 1.61 bits per heavy atom. The molecule has 2 aliphatic rings. The maximum Gasteiger partial charge on any atom is 0.356 e. The van der Waals surface area contributed by atoms with Crippen LogP contribution in [0.5, 0.6) is 0 Å². The zero-order chi connectivity index (χ0) is 22.8. The number of fused-ring (bicyclic) bond motifs is 3. The number of pyridine rings is 1. The predicted molar refractivity (Wildman–Crippen MR) is 131 cm³/mol.